The van der Waals surface area contributed by atoms with Gasteiger partial charge in [0.25, 0.3) is 0 Å². The van der Waals surface area contributed by atoms with Crippen LogP contribution in [-0.2, 0) is 0 Å². The molecule has 0 saturated heterocycles. The number of ether oxygens (including phenoxy) is 2. The molecule has 128 valence electrons. The van der Waals surface area contributed by atoms with Gasteiger partial charge in [0.05, 0.1) is 0 Å². The summed E-state index contributed by atoms with van der Waals surface area (Å²) in [4.78, 5) is 12.4. The molecule has 0 atom stereocenters. The molecule has 0 bridgehead atoms. The number of carbonyl (C=O) groups excluding carboxylic acids is 1. The van der Waals surface area contributed by atoms with Gasteiger partial charge in [0.2, 0.25) is 0 Å². The molecule has 0 aliphatic carbocycles. The fourth-order valence-electron chi connectivity index (χ4n) is 2.89. The molecule has 0 fully saturated rings. The zero-order valence-electron chi connectivity index (χ0n) is 14.2. The van der Waals surface area contributed by atoms with Gasteiger partial charge in [-0.2, -0.15) is 0 Å². The first-order valence-corrected chi connectivity index (χ1v) is 8.57. The third-order valence-corrected chi connectivity index (χ3v) is 4.27. The van der Waals surface area contributed by atoms with Gasteiger partial charge < -0.3 is 9.47 Å². The highest BCUT2D eigenvalue weighted by molar-refractivity contribution is 6.07. The van der Waals surface area contributed by atoms with Crippen LogP contribution in [0.5, 0.6) is 11.5 Å². The molecule has 1 aliphatic heterocycles. The smallest absolute Gasteiger partial charge is 0.185 e. The number of hydrogen-bond donors (Lipinski definition) is 0. The number of hydrogen-bond acceptors (Lipinski definition) is 3. The van der Waals surface area contributed by atoms with Crippen LogP contribution in [0.1, 0.15) is 15.9 Å². The van der Waals surface area contributed by atoms with Gasteiger partial charge in [0.1, 0.15) is 13.2 Å². The highest BCUT2D eigenvalue weighted by atomic mass is 16.6. The monoisotopic (exact) mass is 342 g/mol. The van der Waals surface area contributed by atoms with E-state index in [1.165, 1.54) is 0 Å². The number of rotatable bonds is 4. The SMILES string of the molecule is O=C(C=Cc1ccc2c(c1)OCCO2)c1ccc(-c2ccccc2)cc1. The van der Waals surface area contributed by atoms with E-state index >= 15 is 0 Å². The summed E-state index contributed by atoms with van der Waals surface area (Å²) in [6.07, 6.45) is 3.38. The maximum Gasteiger partial charge on any atom is 0.185 e. The molecule has 4 rings (SSSR count). The number of carbonyl (C=O) groups is 1. The molecule has 3 nitrogen and oxygen atoms in total. The number of ketones is 1. The molecule has 0 amide bonds. The lowest BCUT2D eigenvalue weighted by atomic mass is 10.0. The van der Waals surface area contributed by atoms with Crippen LogP contribution in [0.4, 0.5) is 0 Å². The predicted octanol–water partition coefficient (Wildman–Crippen LogP) is 5.02. The standard InChI is InChI=1S/C23H18O3/c24-21(12-6-17-7-13-22-23(16-17)26-15-14-25-22)20-10-8-19(9-11-20)18-4-2-1-3-5-18/h1-13,16H,14-15H2. The Kier molecular flexibility index (Phi) is 4.52. The summed E-state index contributed by atoms with van der Waals surface area (Å²) < 4.78 is 11.1. The predicted molar refractivity (Wildman–Crippen MR) is 103 cm³/mol. The Balaban J connectivity index is 1.48. The van der Waals surface area contributed by atoms with E-state index in [0.717, 1.165) is 28.2 Å². The second-order valence-electron chi connectivity index (χ2n) is 6.04. The Labute approximate surface area is 152 Å². The van der Waals surface area contributed by atoms with Crippen LogP contribution in [0, 0.1) is 0 Å². The van der Waals surface area contributed by atoms with Crippen molar-refractivity contribution in [1.82, 2.24) is 0 Å². The van der Waals surface area contributed by atoms with Gasteiger partial charge in [0.15, 0.2) is 17.3 Å². The molecule has 3 heteroatoms. The number of allylic oxidation sites excluding steroid dienone is 1. The third kappa shape index (κ3) is 3.52. The van der Waals surface area contributed by atoms with Crippen molar-refractivity contribution >= 4 is 11.9 Å². The highest BCUT2D eigenvalue weighted by Gasteiger charge is 2.11. The normalized spacial score (nSPS) is 12.9. The van der Waals surface area contributed by atoms with Gasteiger partial charge in [-0.15, -0.1) is 0 Å². The van der Waals surface area contributed by atoms with Crippen molar-refractivity contribution in [2.24, 2.45) is 0 Å². The summed E-state index contributed by atoms with van der Waals surface area (Å²) >= 11 is 0. The first kappa shape index (κ1) is 16.2. The summed E-state index contributed by atoms with van der Waals surface area (Å²) in [6.45, 7) is 1.12. The Morgan fingerprint density at radius 3 is 2.23 bits per heavy atom. The highest BCUT2D eigenvalue weighted by Crippen LogP contribution is 2.31. The van der Waals surface area contributed by atoms with Crippen LogP contribution in [0.25, 0.3) is 17.2 Å². The van der Waals surface area contributed by atoms with Crippen LogP contribution in [0.15, 0.2) is 78.9 Å². The zero-order valence-corrected chi connectivity index (χ0v) is 14.2. The molecule has 1 heterocycles. The quantitative estimate of drug-likeness (QED) is 0.493. The van der Waals surface area contributed by atoms with Gasteiger partial charge in [-0.25, -0.2) is 0 Å². The Morgan fingerprint density at radius 1 is 0.769 bits per heavy atom. The first-order valence-electron chi connectivity index (χ1n) is 8.57. The second-order valence-corrected chi connectivity index (χ2v) is 6.04. The van der Waals surface area contributed by atoms with Crippen molar-refractivity contribution in [3.63, 3.8) is 0 Å². The topological polar surface area (TPSA) is 35.5 Å². The molecule has 26 heavy (non-hydrogen) atoms. The molecule has 0 N–H and O–H groups in total. The molecule has 3 aromatic carbocycles. The van der Waals surface area contributed by atoms with Crippen LogP contribution in [0.3, 0.4) is 0 Å². The summed E-state index contributed by atoms with van der Waals surface area (Å²) in [7, 11) is 0. The minimum Gasteiger partial charge on any atom is -0.486 e. The van der Waals surface area contributed by atoms with Gasteiger partial charge >= 0.3 is 0 Å². The van der Waals surface area contributed by atoms with E-state index in [4.69, 9.17) is 9.47 Å². The fraction of sp³-hybridized carbons (Fsp3) is 0.0870. The van der Waals surface area contributed by atoms with Crippen molar-refractivity contribution in [3.05, 3.63) is 90.0 Å². The van der Waals surface area contributed by atoms with E-state index in [2.05, 4.69) is 12.1 Å². The van der Waals surface area contributed by atoms with Crippen molar-refractivity contribution in [3.8, 4) is 22.6 Å². The molecule has 0 spiro atoms. The van der Waals surface area contributed by atoms with Gasteiger partial charge in [-0.3, -0.25) is 4.79 Å². The van der Waals surface area contributed by atoms with Crippen LogP contribution < -0.4 is 9.47 Å². The third-order valence-electron chi connectivity index (χ3n) is 4.27. The Bertz CT molecular complexity index is 941. The maximum absolute atomic E-state index is 12.4. The largest absolute Gasteiger partial charge is 0.486 e. The van der Waals surface area contributed by atoms with Crippen LogP contribution >= 0.6 is 0 Å². The van der Waals surface area contributed by atoms with E-state index in [0.29, 0.717) is 18.8 Å². The molecular weight excluding hydrogens is 324 g/mol. The van der Waals surface area contributed by atoms with Gasteiger partial charge in [-0.1, -0.05) is 66.7 Å². The minimum absolute atomic E-state index is 0.0282. The Morgan fingerprint density at radius 2 is 1.46 bits per heavy atom. The number of fused-ring (bicyclic) bond motifs is 1. The summed E-state index contributed by atoms with van der Waals surface area (Å²) in [6, 6.07) is 23.4. The second kappa shape index (κ2) is 7.28. The lowest BCUT2D eigenvalue weighted by Gasteiger charge is -2.18. The van der Waals surface area contributed by atoms with Crippen molar-refractivity contribution in [1.29, 1.82) is 0 Å². The average molecular weight is 342 g/mol. The van der Waals surface area contributed by atoms with Crippen molar-refractivity contribution in [2.75, 3.05) is 13.2 Å². The average Bonchev–Trinajstić information content (AvgIpc) is 2.72. The van der Waals surface area contributed by atoms with E-state index < -0.39 is 0 Å². The molecular formula is C23H18O3. The summed E-state index contributed by atoms with van der Waals surface area (Å²) in [5, 5.41) is 0. The van der Waals surface area contributed by atoms with E-state index in [1.807, 2.05) is 60.7 Å². The van der Waals surface area contributed by atoms with E-state index in [-0.39, 0.29) is 5.78 Å². The molecule has 1 aliphatic rings. The number of benzene rings is 3. The molecule has 0 unspecified atom stereocenters. The van der Waals surface area contributed by atoms with E-state index in [9.17, 15) is 4.79 Å². The Hall–Kier alpha value is -3.33. The van der Waals surface area contributed by atoms with Gasteiger partial charge in [0, 0.05) is 5.56 Å². The minimum atomic E-state index is -0.0282. The maximum atomic E-state index is 12.4. The lowest BCUT2D eigenvalue weighted by Crippen LogP contribution is -2.15. The van der Waals surface area contributed by atoms with Crippen LogP contribution in [-0.4, -0.2) is 19.0 Å². The first-order chi connectivity index (χ1) is 12.8. The molecule has 3 aromatic rings. The molecule has 0 saturated carbocycles. The zero-order chi connectivity index (χ0) is 17.8. The molecule has 0 radical (unpaired) electrons. The molecule has 0 aromatic heterocycles. The summed E-state index contributed by atoms with van der Waals surface area (Å²) in [5.41, 5.74) is 3.80. The van der Waals surface area contributed by atoms with Crippen molar-refractivity contribution < 1.29 is 14.3 Å². The van der Waals surface area contributed by atoms with E-state index in [1.54, 1.807) is 12.2 Å². The van der Waals surface area contributed by atoms with Crippen molar-refractivity contribution in [2.45, 2.75) is 0 Å². The van der Waals surface area contributed by atoms with Crippen LogP contribution in [0.2, 0.25) is 0 Å². The lowest BCUT2D eigenvalue weighted by molar-refractivity contribution is 0.104. The fourth-order valence-corrected chi connectivity index (χ4v) is 2.89. The van der Waals surface area contributed by atoms with Gasteiger partial charge in [-0.05, 0) is 34.9 Å². The summed E-state index contributed by atoms with van der Waals surface area (Å²) in [5.74, 6) is 1.44.